The number of para-hydroxylation sites is 2. The van der Waals surface area contributed by atoms with Gasteiger partial charge in [0.1, 0.15) is 23.4 Å². The second-order valence-corrected chi connectivity index (χ2v) is 7.69. The van der Waals surface area contributed by atoms with Crippen LogP contribution in [0.25, 0.3) is 0 Å². The molecule has 0 bridgehead atoms. The van der Waals surface area contributed by atoms with Gasteiger partial charge in [-0.25, -0.2) is 9.59 Å². The zero-order chi connectivity index (χ0) is 25.5. The van der Waals surface area contributed by atoms with Crippen LogP contribution in [-0.4, -0.2) is 46.0 Å². The van der Waals surface area contributed by atoms with Crippen molar-refractivity contribution >= 4 is 17.6 Å². The van der Waals surface area contributed by atoms with Gasteiger partial charge >= 0.3 is 11.9 Å². The maximum atomic E-state index is 13.2. The number of ether oxygens (including phenoxy) is 4. The summed E-state index contributed by atoms with van der Waals surface area (Å²) in [7, 11) is 3.96. The van der Waals surface area contributed by atoms with Crippen molar-refractivity contribution in [2.24, 2.45) is 5.73 Å². The number of anilines is 1. The molecule has 0 amide bonds. The van der Waals surface area contributed by atoms with E-state index in [9.17, 15) is 14.9 Å². The average Bonchev–Trinajstić information content (AvgIpc) is 2.88. The molecule has 0 saturated heterocycles. The Labute approximate surface area is 203 Å². The van der Waals surface area contributed by atoms with Gasteiger partial charge in [-0.15, -0.1) is 0 Å². The van der Waals surface area contributed by atoms with E-state index in [1.807, 2.05) is 6.92 Å². The molecule has 1 aliphatic rings. The molecule has 9 nitrogen and oxygen atoms in total. The average molecular weight is 478 g/mol. The summed E-state index contributed by atoms with van der Waals surface area (Å²) in [4.78, 5) is 27.6. The number of nitriles is 1. The third kappa shape index (κ3) is 4.98. The quantitative estimate of drug-likeness (QED) is 0.571. The van der Waals surface area contributed by atoms with Crippen LogP contribution in [0.3, 0.4) is 0 Å². The Balaban J connectivity index is 2.35. The first-order valence-electron chi connectivity index (χ1n) is 10.8. The summed E-state index contributed by atoms with van der Waals surface area (Å²) >= 11 is 0. The number of nitrogens with two attached hydrogens (primary N) is 1. The van der Waals surface area contributed by atoms with Crippen LogP contribution in [0.1, 0.15) is 18.4 Å². The van der Waals surface area contributed by atoms with Crippen molar-refractivity contribution in [1.82, 2.24) is 0 Å². The van der Waals surface area contributed by atoms with Crippen LogP contribution in [0.15, 0.2) is 77.3 Å². The highest BCUT2D eigenvalue weighted by molar-refractivity contribution is 6.06. The minimum Gasteiger partial charge on any atom is -0.486 e. The normalized spacial score (nSPS) is 16.4. The Bertz CT molecular complexity index is 1200. The molecule has 2 aromatic carbocycles. The number of nitrogens with zero attached hydrogens (tertiary/aromatic N) is 2. The van der Waals surface area contributed by atoms with E-state index in [2.05, 4.69) is 6.07 Å². The lowest BCUT2D eigenvalue weighted by molar-refractivity contribution is -0.139. The van der Waals surface area contributed by atoms with Gasteiger partial charge in [-0.2, -0.15) is 5.26 Å². The lowest BCUT2D eigenvalue weighted by atomic mass is 9.81. The molecule has 2 atom stereocenters. The Kier molecular flexibility index (Phi) is 8.12. The molecule has 9 heteroatoms. The molecule has 2 aromatic rings. The largest absolute Gasteiger partial charge is 0.486 e. The first kappa shape index (κ1) is 25.3. The maximum absolute atomic E-state index is 13.2. The lowest BCUT2D eigenvalue weighted by Crippen LogP contribution is -2.41. The van der Waals surface area contributed by atoms with Crippen molar-refractivity contribution in [1.29, 1.82) is 5.26 Å². The molecule has 0 aliphatic carbocycles. The molecule has 0 saturated carbocycles. The number of carbonyl (C=O) groups is 2. The summed E-state index contributed by atoms with van der Waals surface area (Å²) < 4.78 is 21.3. The van der Waals surface area contributed by atoms with Gasteiger partial charge in [0.2, 0.25) is 0 Å². The SMILES string of the molecule is COCC(C)Oc1ccccc1N1C(N)=C(C#N)C(c2ccccc2)C(C(=O)OC)=C1C(=O)OC. The predicted octanol–water partition coefficient (Wildman–Crippen LogP) is 3.00. The highest BCUT2D eigenvalue weighted by atomic mass is 16.5. The summed E-state index contributed by atoms with van der Waals surface area (Å²) in [6, 6.07) is 17.8. The highest BCUT2D eigenvalue weighted by Gasteiger charge is 2.43. The zero-order valence-corrected chi connectivity index (χ0v) is 20.0. The molecule has 35 heavy (non-hydrogen) atoms. The van der Waals surface area contributed by atoms with Crippen LogP contribution < -0.4 is 15.4 Å². The predicted molar refractivity (Wildman–Crippen MR) is 128 cm³/mol. The number of esters is 2. The molecule has 0 radical (unpaired) electrons. The number of methoxy groups -OCH3 is 3. The van der Waals surface area contributed by atoms with Crippen LogP contribution >= 0.6 is 0 Å². The third-order valence-corrected chi connectivity index (χ3v) is 5.45. The van der Waals surface area contributed by atoms with E-state index in [1.54, 1.807) is 61.7 Å². The first-order chi connectivity index (χ1) is 16.9. The number of benzene rings is 2. The van der Waals surface area contributed by atoms with Gasteiger partial charge in [0.05, 0.1) is 49.6 Å². The maximum Gasteiger partial charge on any atom is 0.355 e. The van der Waals surface area contributed by atoms with E-state index in [0.29, 0.717) is 23.6 Å². The van der Waals surface area contributed by atoms with E-state index in [0.717, 1.165) is 0 Å². The first-order valence-corrected chi connectivity index (χ1v) is 10.8. The molecular weight excluding hydrogens is 450 g/mol. The molecule has 0 spiro atoms. The van der Waals surface area contributed by atoms with Crippen molar-refractivity contribution in [2.75, 3.05) is 32.8 Å². The van der Waals surface area contributed by atoms with Gasteiger partial charge in [-0.05, 0) is 24.6 Å². The molecule has 0 aromatic heterocycles. The van der Waals surface area contributed by atoms with Crippen LogP contribution in [-0.2, 0) is 23.8 Å². The monoisotopic (exact) mass is 477 g/mol. The minimum atomic E-state index is -0.945. The van der Waals surface area contributed by atoms with Crippen molar-refractivity contribution in [3.63, 3.8) is 0 Å². The van der Waals surface area contributed by atoms with Crippen LogP contribution in [0.5, 0.6) is 5.75 Å². The summed E-state index contributed by atoms with van der Waals surface area (Å²) in [6.07, 6.45) is -0.339. The zero-order valence-electron chi connectivity index (χ0n) is 20.0. The fraction of sp³-hybridized carbons (Fsp3) is 0.269. The smallest absolute Gasteiger partial charge is 0.355 e. The van der Waals surface area contributed by atoms with Gasteiger partial charge in [0.25, 0.3) is 0 Å². The summed E-state index contributed by atoms with van der Waals surface area (Å²) in [5.74, 6) is -2.24. The number of allylic oxidation sites excluding steroid dienone is 1. The Morgan fingerprint density at radius 3 is 2.26 bits per heavy atom. The Morgan fingerprint density at radius 2 is 1.66 bits per heavy atom. The van der Waals surface area contributed by atoms with E-state index in [-0.39, 0.29) is 28.8 Å². The van der Waals surface area contributed by atoms with Crippen molar-refractivity contribution in [3.05, 3.63) is 82.8 Å². The fourth-order valence-corrected chi connectivity index (χ4v) is 3.99. The second kappa shape index (κ2) is 11.2. The molecule has 2 N–H and O–H groups in total. The Hall–Kier alpha value is -4.29. The summed E-state index contributed by atoms with van der Waals surface area (Å²) in [6.45, 7) is 2.13. The number of hydrogen-bond donors (Lipinski definition) is 1. The molecule has 2 unspecified atom stereocenters. The van der Waals surface area contributed by atoms with Crippen LogP contribution in [0.2, 0.25) is 0 Å². The number of carbonyl (C=O) groups excluding carboxylic acids is 2. The van der Waals surface area contributed by atoms with Crippen LogP contribution in [0.4, 0.5) is 5.69 Å². The van der Waals surface area contributed by atoms with Gasteiger partial charge in [-0.3, -0.25) is 4.90 Å². The van der Waals surface area contributed by atoms with Gasteiger partial charge in [-0.1, -0.05) is 42.5 Å². The lowest BCUT2D eigenvalue weighted by Gasteiger charge is -2.36. The molecule has 0 fully saturated rings. The molecule has 1 aliphatic heterocycles. The summed E-state index contributed by atoms with van der Waals surface area (Å²) in [5, 5.41) is 10.1. The van der Waals surface area contributed by atoms with Gasteiger partial charge in [0, 0.05) is 7.11 Å². The second-order valence-electron chi connectivity index (χ2n) is 7.69. The Morgan fingerprint density at radius 1 is 1.03 bits per heavy atom. The minimum absolute atomic E-state index is 0.0372. The molecule has 1 heterocycles. The molecule has 182 valence electrons. The van der Waals surface area contributed by atoms with E-state index in [1.165, 1.54) is 19.1 Å². The molecular formula is C26H27N3O6. The fourth-order valence-electron chi connectivity index (χ4n) is 3.99. The van der Waals surface area contributed by atoms with Gasteiger partial charge < -0.3 is 24.7 Å². The highest BCUT2D eigenvalue weighted by Crippen LogP contribution is 2.45. The number of hydrogen-bond acceptors (Lipinski definition) is 9. The van der Waals surface area contributed by atoms with Crippen molar-refractivity contribution in [3.8, 4) is 11.8 Å². The molecule has 3 rings (SSSR count). The van der Waals surface area contributed by atoms with E-state index >= 15 is 0 Å². The van der Waals surface area contributed by atoms with E-state index < -0.39 is 17.9 Å². The standard InChI is InChI=1S/C26H27N3O6/c1-16(15-32-2)35-20-13-9-8-12-19(20)29-23(26(31)34-4)22(25(30)33-3)21(18(14-27)24(29)28)17-10-6-5-7-11-17/h5-13,16,21H,15,28H2,1-4H3. The summed E-state index contributed by atoms with van der Waals surface area (Å²) in [5.41, 5.74) is 7.31. The van der Waals surface area contributed by atoms with E-state index in [4.69, 9.17) is 24.7 Å². The van der Waals surface area contributed by atoms with Crippen LogP contribution in [0, 0.1) is 11.3 Å². The van der Waals surface area contributed by atoms with Gasteiger partial charge in [0.15, 0.2) is 0 Å². The third-order valence-electron chi connectivity index (χ3n) is 5.45. The number of rotatable bonds is 8. The topological polar surface area (TPSA) is 124 Å². The van der Waals surface area contributed by atoms with Crippen molar-refractivity contribution < 1.29 is 28.5 Å². The van der Waals surface area contributed by atoms with Crippen molar-refractivity contribution in [2.45, 2.75) is 18.9 Å².